The number of benzene rings is 7. The van der Waals surface area contributed by atoms with Crippen LogP contribution in [-0.4, -0.2) is 12.6 Å². The molecule has 0 amide bonds. The van der Waals surface area contributed by atoms with Gasteiger partial charge in [-0.15, -0.1) is 0 Å². The van der Waals surface area contributed by atoms with Gasteiger partial charge >= 0.3 is 0 Å². The fourth-order valence-corrected chi connectivity index (χ4v) is 12.9. The Labute approximate surface area is 258 Å². The molecule has 7 aromatic carbocycles. The van der Waals surface area contributed by atoms with Crippen LogP contribution in [0, 0.1) is 0 Å². The van der Waals surface area contributed by atoms with Gasteiger partial charge in [0.1, 0.15) is 0 Å². The highest BCUT2D eigenvalue weighted by Crippen LogP contribution is 2.40. The van der Waals surface area contributed by atoms with E-state index >= 15 is 0 Å². The van der Waals surface area contributed by atoms with Gasteiger partial charge in [0.25, 0.3) is 0 Å². The SMILES string of the molecule is c1ccc(-n2c3ccccc3c3cc4c(cc32)-c2ccccc2-c2ccccc2[Si]4(c2ccccc2)c2ccccc2)cc1. The molecule has 1 aliphatic heterocycles. The minimum Gasteiger partial charge on any atom is -0.309 e. The van der Waals surface area contributed by atoms with Gasteiger partial charge < -0.3 is 4.57 Å². The first-order valence-corrected chi connectivity index (χ1v) is 17.3. The Morgan fingerprint density at radius 1 is 0.341 bits per heavy atom. The fraction of sp³-hybridized carbons (Fsp3) is 0. The summed E-state index contributed by atoms with van der Waals surface area (Å²) in [5.41, 5.74) is 8.90. The predicted octanol–water partition coefficient (Wildman–Crippen LogP) is 7.81. The normalized spacial score (nSPS) is 13.2. The third-order valence-electron chi connectivity index (χ3n) is 9.48. The van der Waals surface area contributed by atoms with E-state index in [1.54, 1.807) is 0 Å². The quantitative estimate of drug-likeness (QED) is 0.189. The average Bonchev–Trinajstić information content (AvgIpc) is 3.38. The molecule has 1 aromatic heterocycles. The van der Waals surface area contributed by atoms with Crippen molar-refractivity contribution in [3.63, 3.8) is 0 Å². The van der Waals surface area contributed by atoms with E-state index in [9.17, 15) is 0 Å². The molecule has 0 radical (unpaired) electrons. The van der Waals surface area contributed by atoms with Crippen LogP contribution < -0.4 is 20.7 Å². The lowest BCUT2D eigenvalue weighted by molar-refractivity contribution is 1.18. The Bertz CT molecular complexity index is 2280. The van der Waals surface area contributed by atoms with Crippen molar-refractivity contribution >= 4 is 50.6 Å². The molecule has 2 heteroatoms. The van der Waals surface area contributed by atoms with Crippen LogP contribution in [0.3, 0.4) is 0 Å². The Hall–Kier alpha value is -5.44. The number of hydrogen-bond donors (Lipinski definition) is 0. The molecule has 0 atom stereocenters. The molecule has 0 bridgehead atoms. The van der Waals surface area contributed by atoms with E-state index in [0.29, 0.717) is 0 Å². The fourth-order valence-electron chi connectivity index (χ4n) is 7.71. The Morgan fingerprint density at radius 2 is 0.864 bits per heavy atom. The number of fused-ring (bicyclic) bond motifs is 8. The second-order valence-electron chi connectivity index (χ2n) is 11.7. The topological polar surface area (TPSA) is 4.93 Å². The summed E-state index contributed by atoms with van der Waals surface area (Å²) in [6.07, 6.45) is 0. The lowest BCUT2D eigenvalue weighted by Gasteiger charge is -2.36. The first-order valence-electron chi connectivity index (χ1n) is 15.3. The minimum absolute atomic E-state index is 1.18. The van der Waals surface area contributed by atoms with E-state index in [-0.39, 0.29) is 0 Å². The molecule has 2 heterocycles. The molecule has 1 nitrogen and oxygen atoms in total. The summed E-state index contributed by atoms with van der Waals surface area (Å²) in [6, 6.07) is 65.6. The van der Waals surface area contributed by atoms with Crippen molar-refractivity contribution in [2.75, 3.05) is 0 Å². The standard InChI is InChI=1S/C42H29NSi/c1-4-16-30(17-5-1)43-39-26-14-12-24-35(39)37-29-42-38(28-40(37)43)34-23-11-10-22-33(34)36-25-13-15-27-41(36)44(42,31-18-6-2-7-19-31)32-20-8-3-9-21-32/h1-29H. The van der Waals surface area contributed by atoms with Crippen LogP contribution >= 0.6 is 0 Å². The van der Waals surface area contributed by atoms with Crippen LogP contribution in [0.15, 0.2) is 176 Å². The molecule has 0 saturated heterocycles. The van der Waals surface area contributed by atoms with Crippen molar-refractivity contribution in [2.24, 2.45) is 0 Å². The number of nitrogens with zero attached hydrogens (tertiary/aromatic N) is 1. The maximum absolute atomic E-state index is 2.81. The van der Waals surface area contributed by atoms with Crippen LogP contribution in [0.25, 0.3) is 49.7 Å². The second kappa shape index (κ2) is 9.80. The van der Waals surface area contributed by atoms with Crippen molar-refractivity contribution < 1.29 is 0 Å². The summed E-state index contributed by atoms with van der Waals surface area (Å²) in [5.74, 6) is 0. The highest BCUT2D eigenvalue weighted by Gasteiger charge is 2.46. The third kappa shape index (κ3) is 3.46. The van der Waals surface area contributed by atoms with Gasteiger partial charge in [-0.3, -0.25) is 0 Å². The average molecular weight is 576 g/mol. The van der Waals surface area contributed by atoms with Crippen molar-refractivity contribution in [3.05, 3.63) is 176 Å². The zero-order valence-corrected chi connectivity index (χ0v) is 25.2. The molecule has 44 heavy (non-hydrogen) atoms. The molecule has 206 valence electrons. The van der Waals surface area contributed by atoms with Crippen molar-refractivity contribution in [1.82, 2.24) is 4.57 Å². The summed E-state index contributed by atoms with van der Waals surface area (Å²) in [7, 11) is -2.81. The predicted molar refractivity (Wildman–Crippen MR) is 189 cm³/mol. The van der Waals surface area contributed by atoms with Crippen LogP contribution in [0.2, 0.25) is 0 Å². The zero-order chi connectivity index (χ0) is 29.1. The van der Waals surface area contributed by atoms with Crippen LogP contribution in [0.5, 0.6) is 0 Å². The number of aromatic nitrogens is 1. The van der Waals surface area contributed by atoms with E-state index in [2.05, 4.69) is 180 Å². The van der Waals surface area contributed by atoms with E-state index in [1.807, 2.05) is 0 Å². The molecule has 0 N–H and O–H groups in total. The van der Waals surface area contributed by atoms with Gasteiger partial charge in [-0.05, 0) is 67.3 Å². The minimum atomic E-state index is -2.81. The van der Waals surface area contributed by atoms with Crippen LogP contribution in [-0.2, 0) is 0 Å². The van der Waals surface area contributed by atoms with E-state index in [0.717, 1.165) is 0 Å². The van der Waals surface area contributed by atoms with Gasteiger partial charge in [0.05, 0.1) is 11.0 Å². The van der Waals surface area contributed by atoms with Crippen molar-refractivity contribution in [3.8, 4) is 27.9 Å². The van der Waals surface area contributed by atoms with Gasteiger partial charge in [0.2, 0.25) is 0 Å². The molecule has 0 spiro atoms. The Balaban J connectivity index is 1.55. The maximum Gasteiger partial charge on any atom is 0.180 e. The summed E-state index contributed by atoms with van der Waals surface area (Å²) in [4.78, 5) is 0. The molecule has 0 aliphatic carbocycles. The van der Waals surface area contributed by atoms with E-state index in [1.165, 1.54) is 70.5 Å². The third-order valence-corrected chi connectivity index (χ3v) is 14.3. The van der Waals surface area contributed by atoms with Crippen LogP contribution in [0.1, 0.15) is 0 Å². The monoisotopic (exact) mass is 575 g/mol. The van der Waals surface area contributed by atoms with E-state index < -0.39 is 8.07 Å². The van der Waals surface area contributed by atoms with Gasteiger partial charge in [-0.1, -0.05) is 152 Å². The molecule has 8 aromatic rings. The summed E-state index contributed by atoms with van der Waals surface area (Å²) in [6.45, 7) is 0. The highest BCUT2D eigenvalue weighted by atomic mass is 28.3. The van der Waals surface area contributed by atoms with Gasteiger partial charge in [-0.2, -0.15) is 0 Å². The zero-order valence-electron chi connectivity index (χ0n) is 24.2. The van der Waals surface area contributed by atoms with Crippen LogP contribution in [0.4, 0.5) is 0 Å². The first-order chi connectivity index (χ1) is 21.9. The number of rotatable bonds is 3. The molecule has 0 unspecified atom stereocenters. The molecule has 1 aliphatic rings. The molecular weight excluding hydrogens is 547 g/mol. The van der Waals surface area contributed by atoms with Crippen molar-refractivity contribution in [1.29, 1.82) is 0 Å². The molecule has 9 rings (SSSR count). The summed E-state index contributed by atoms with van der Waals surface area (Å²) < 4.78 is 2.44. The van der Waals surface area contributed by atoms with Gasteiger partial charge in [0.15, 0.2) is 8.07 Å². The lowest BCUT2D eigenvalue weighted by Crippen LogP contribution is -2.75. The maximum atomic E-state index is 2.57. The second-order valence-corrected chi connectivity index (χ2v) is 15.4. The lowest BCUT2D eigenvalue weighted by atomic mass is 9.94. The highest BCUT2D eigenvalue weighted by molar-refractivity contribution is 7.21. The van der Waals surface area contributed by atoms with Crippen molar-refractivity contribution in [2.45, 2.75) is 0 Å². The number of hydrogen-bond acceptors (Lipinski definition) is 0. The summed E-state index contributed by atoms with van der Waals surface area (Å²) >= 11 is 0. The molecule has 0 fully saturated rings. The smallest absolute Gasteiger partial charge is 0.180 e. The summed E-state index contributed by atoms with van der Waals surface area (Å²) in [5, 5.41) is 8.26. The Morgan fingerprint density at radius 3 is 1.55 bits per heavy atom. The Kier molecular flexibility index (Phi) is 5.59. The molecular formula is C42H29NSi. The first kappa shape index (κ1) is 25.1. The number of para-hydroxylation sites is 2. The van der Waals surface area contributed by atoms with Gasteiger partial charge in [-0.25, -0.2) is 0 Å². The molecule has 0 saturated carbocycles. The largest absolute Gasteiger partial charge is 0.309 e. The van der Waals surface area contributed by atoms with E-state index in [4.69, 9.17) is 0 Å². The van der Waals surface area contributed by atoms with Gasteiger partial charge in [0, 0.05) is 16.5 Å².